The number of piperazine rings is 1. The third kappa shape index (κ3) is 5.31. The van der Waals surface area contributed by atoms with Crippen LogP contribution in [-0.4, -0.2) is 66.1 Å². The van der Waals surface area contributed by atoms with E-state index in [0.717, 1.165) is 66.0 Å². The Bertz CT molecular complexity index is 1440. The summed E-state index contributed by atoms with van der Waals surface area (Å²) in [6.07, 6.45) is 1.19. The van der Waals surface area contributed by atoms with Crippen LogP contribution in [0, 0.1) is 5.82 Å². The van der Waals surface area contributed by atoms with Crippen molar-refractivity contribution in [3.05, 3.63) is 84.2 Å². The van der Waals surface area contributed by atoms with E-state index < -0.39 is 0 Å². The van der Waals surface area contributed by atoms with Crippen LogP contribution in [0.1, 0.15) is 12.0 Å². The van der Waals surface area contributed by atoms with Gasteiger partial charge in [0.25, 0.3) is 0 Å². The SMILES string of the molecule is O=C(Cc1ccc(-c2cccc(F)c2)cc1)N1CC[C@H](Nc2nc(N3CCNCC3)c3ccccc3n2)C1. The fourth-order valence-electron chi connectivity index (χ4n) is 5.30. The molecular formula is C30H31FN6O. The summed E-state index contributed by atoms with van der Waals surface area (Å²) in [6, 6.07) is 22.6. The first kappa shape index (κ1) is 24.3. The number of nitrogens with zero attached hydrogens (tertiary/aromatic N) is 4. The number of aromatic nitrogens is 2. The van der Waals surface area contributed by atoms with Gasteiger partial charge < -0.3 is 20.4 Å². The summed E-state index contributed by atoms with van der Waals surface area (Å²) >= 11 is 0. The van der Waals surface area contributed by atoms with Crippen molar-refractivity contribution in [3.63, 3.8) is 0 Å². The van der Waals surface area contributed by atoms with E-state index in [2.05, 4.69) is 21.6 Å². The molecule has 1 atom stereocenters. The quantitative estimate of drug-likeness (QED) is 0.407. The first-order valence-electron chi connectivity index (χ1n) is 13.2. The van der Waals surface area contributed by atoms with Crippen LogP contribution < -0.4 is 15.5 Å². The van der Waals surface area contributed by atoms with Gasteiger partial charge in [-0.15, -0.1) is 0 Å². The van der Waals surface area contributed by atoms with Gasteiger partial charge in [-0.2, -0.15) is 4.98 Å². The van der Waals surface area contributed by atoms with Crippen LogP contribution in [0.4, 0.5) is 16.2 Å². The van der Waals surface area contributed by atoms with E-state index in [1.54, 1.807) is 6.07 Å². The van der Waals surface area contributed by atoms with Crippen molar-refractivity contribution in [2.75, 3.05) is 49.5 Å². The largest absolute Gasteiger partial charge is 0.353 e. The lowest BCUT2D eigenvalue weighted by molar-refractivity contribution is -0.129. The highest BCUT2D eigenvalue weighted by Crippen LogP contribution is 2.27. The zero-order valence-electron chi connectivity index (χ0n) is 21.2. The molecule has 0 aliphatic carbocycles. The summed E-state index contributed by atoms with van der Waals surface area (Å²) in [5, 5.41) is 7.96. The van der Waals surface area contributed by atoms with Crippen LogP contribution in [0.3, 0.4) is 0 Å². The molecule has 0 radical (unpaired) electrons. The Balaban J connectivity index is 1.10. The highest BCUT2D eigenvalue weighted by molar-refractivity contribution is 5.90. The molecule has 0 spiro atoms. The topological polar surface area (TPSA) is 73.4 Å². The van der Waals surface area contributed by atoms with Gasteiger partial charge in [-0.1, -0.05) is 48.5 Å². The number of halogens is 1. The number of rotatable bonds is 6. The minimum absolute atomic E-state index is 0.103. The van der Waals surface area contributed by atoms with Crippen molar-refractivity contribution in [2.45, 2.75) is 18.9 Å². The molecule has 2 saturated heterocycles. The Labute approximate surface area is 221 Å². The van der Waals surface area contributed by atoms with Crippen molar-refractivity contribution in [3.8, 4) is 11.1 Å². The number of carbonyl (C=O) groups is 1. The predicted octanol–water partition coefficient (Wildman–Crippen LogP) is 4.10. The van der Waals surface area contributed by atoms with E-state index in [-0.39, 0.29) is 17.8 Å². The number of anilines is 2. The van der Waals surface area contributed by atoms with Gasteiger partial charge in [-0.25, -0.2) is 9.37 Å². The van der Waals surface area contributed by atoms with Crippen LogP contribution in [0.15, 0.2) is 72.8 Å². The standard InChI is InChI=1S/C30H31FN6O/c31-24-5-3-4-23(19-24)22-10-8-21(9-11-22)18-28(38)37-15-12-25(20-37)33-30-34-27-7-2-1-6-26(27)29(35-30)36-16-13-32-14-17-36/h1-11,19,25,32H,12-18,20H2,(H,33,34,35)/t25-/m0/s1. The highest BCUT2D eigenvalue weighted by Gasteiger charge is 2.27. The Hall–Kier alpha value is -4.04. The fraction of sp³-hybridized carbons (Fsp3) is 0.300. The number of fused-ring (bicyclic) bond motifs is 1. The van der Waals surface area contributed by atoms with Crippen molar-refractivity contribution < 1.29 is 9.18 Å². The average Bonchev–Trinajstić information content (AvgIpc) is 3.42. The highest BCUT2D eigenvalue weighted by atomic mass is 19.1. The minimum atomic E-state index is -0.256. The van der Waals surface area contributed by atoms with Crippen molar-refractivity contribution in [1.29, 1.82) is 0 Å². The van der Waals surface area contributed by atoms with Crippen molar-refractivity contribution in [1.82, 2.24) is 20.2 Å². The smallest absolute Gasteiger partial charge is 0.227 e. The lowest BCUT2D eigenvalue weighted by Gasteiger charge is -2.29. The molecule has 6 rings (SSSR count). The van der Waals surface area contributed by atoms with E-state index in [1.807, 2.05) is 53.4 Å². The summed E-state index contributed by atoms with van der Waals surface area (Å²) < 4.78 is 13.6. The Morgan fingerprint density at radius 3 is 2.58 bits per heavy atom. The summed E-state index contributed by atoms with van der Waals surface area (Å²) in [5.41, 5.74) is 3.63. The zero-order chi connectivity index (χ0) is 25.9. The van der Waals surface area contributed by atoms with Crippen LogP contribution in [-0.2, 0) is 11.2 Å². The molecule has 0 bridgehead atoms. The van der Waals surface area contributed by atoms with E-state index in [9.17, 15) is 9.18 Å². The van der Waals surface area contributed by atoms with Gasteiger partial charge in [-0.3, -0.25) is 4.79 Å². The monoisotopic (exact) mass is 510 g/mol. The van der Waals surface area contributed by atoms with E-state index >= 15 is 0 Å². The minimum Gasteiger partial charge on any atom is -0.353 e. The van der Waals surface area contributed by atoms with Gasteiger partial charge >= 0.3 is 0 Å². The number of hydrogen-bond donors (Lipinski definition) is 2. The molecule has 2 aliphatic rings. The second-order valence-electron chi connectivity index (χ2n) is 9.98. The van der Waals surface area contributed by atoms with Gasteiger partial charge in [0.1, 0.15) is 11.6 Å². The fourth-order valence-corrected chi connectivity index (χ4v) is 5.30. The maximum Gasteiger partial charge on any atom is 0.227 e. The molecule has 7 nitrogen and oxygen atoms in total. The third-order valence-electron chi connectivity index (χ3n) is 7.34. The summed E-state index contributed by atoms with van der Waals surface area (Å²) in [5.74, 6) is 1.43. The molecule has 38 heavy (non-hydrogen) atoms. The summed E-state index contributed by atoms with van der Waals surface area (Å²) in [4.78, 5) is 27.0. The number of hydrogen-bond acceptors (Lipinski definition) is 6. The summed E-state index contributed by atoms with van der Waals surface area (Å²) in [6.45, 7) is 5.03. The second-order valence-corrected chi connectivity index (χ2v) is 9.98. The number of carbonyl (C=O) groups excluding carboxylic acids is 1. The molecule has 0 unspecified atom stereocenters. The second kappa shape index (κ2) is 10.8. The Morgan fingerprint density at radius 1 is 0.947 bits per heavy atom. The van der Waals surface area contributed by atoms with Crippen LogP contribution in [0.5, 0.6) is 0 Å². The van der Waals surface area contributed by atoms with Crippen LogP contribution in [0.2, 0.25) is 0 Å². The molecule has 3 aromatic carbocycles. The number of para-hydroxylation sites is 1. The predicted molar refractivity (Wildman–Crippen MR) is 149 cm³/mol. The lowest BCUT2D eigenvalue weighted by Crippen LogP contribution is -2.44. The Morgan fingerprint density at radius 2 is 1.76 bits per heavy atom. The molecule has 1 amide bonds. The number of likely N-dealkylation sites (tertiary alicyclic amines) is 1. The van der Waals surface area contributed by atoms with E-state index in [1.165, 1.54) is 12.1 Å². The molecule has 3 heterocycles. The van der Waals surface area contributed by atoms with Gasteiger partial charge in [0, 0.05) is 50.7 Å². The molecule has 0 saturated carbocycles. The van der Waals surface area contributed by atoms with E-state index in [4.69, 9.17) is 9.97 Å². The summed E-state index contributed by atoms with van der Waals surface area (Å²) in [7, 11) is 0. The van der Waals surface area contributed by atoms with Crippen LogP contribution >= 0.6 is 0 Å². The molecule has 8 heteroatoms. The molecule has 2 fully saturated rings. The van der Waals surface area contributed by atoms with Gasteiger partial charge in [0.15, 0.2) is 0 Å². The van der Waals surface area contributed by atoms with Crippen LogP contribution in [0.25, 0.3) is 22.0 Å². The molecule has 4 aromatic rings. The first-order chi connectivity index (χ1) is 18.6. The lowest BCUT2D eigenvalue weighted by atomic mass is 10.0. The molecule has 194 valence electrons. The number of nitrogens with one attached hydrogen (secondary N) is 2. The van der Waals surface area contributed by atoms with Crippen molar-refractivity contribution in [2.24, 2.45) is 0 Å². The average molecular weight is 511 g/mol. The zero-order valence-corrected chi connectivity index (χ0v) is 21.2. The third-order valence-corrected chi connectivity index (χ3v) is 7.34. The first-order valence-corrected chi connectivity index (χ1v) is 13.2. The van der Waals surface area contributed by atoms with Gasteiger partial charge in [-0.05, 0) is 47.4 Å². The maximum absolute atomic E-state index is 13.6. The normalized spacial score (nSPS) is 17.7. The molecule has 2 N–H and O–H groups in total. The van der Waals surface area contributed by atoms with Crippen molar-refractivity contribution >= 4 is 28.6 Å². The molecular weight excluding hydrogens is 479 g/mol. The number of amides is 1. The van der Waals surface area contributed by atoms with Gasteiger partial charge in [0.2, 0.25) is 11.9 Å². The Kier molecular flexibility index (Phi) is 6.88. The molecule has 1 aromatic heterocycles. The van der Waals surface area contributed by atoms with Gasteiger partial charge in [0.05, 0.1) is 11.9 Å². The maximum atomic E-state index is 13.6. The number of benzene rings is 3. The molecule has 2 aliphatic heterocycles. The van der Waals surface area contributed by atoms with E-state index in [0.29, 0.717) is 25.5 Å².